The van der Waals surface area contributed by atoms with Crippen LogP contribution in [0.3, 0.4) is 0 Å². The first kappa shape index (κ1) is 25.4. The average molecular weight is 482 g/mol. The summed E-state index contributed by atoms with van der Waals surface area (Å²) in [6.07, 6.45) is 6.67. The van der Waals surface area contributed by atoms with Crippen LogP contribution in [0.5, 0.6) is 11.5 Å². The maximum absolute atomic E-state index is 12.0. The Labute approximate surface area is 209 Å². The standard InChI is InChI=1S/C29H39NO5/c1-20(31)34-28-27(33-17-16-21-8-6-5-7-9-21)25-18-23(12-15-26(25)35-29(28,2)3)30-19-22-10-13-24(32-4)14-11-22/h10-15,18,21,27-28,30H,5-9,16-17,19H2,1-4H3. The zero-order valence-electron chi connectivity index (χ0n) is 21.5. The van der Waals surface area contributed by atoms with Gasteiger partial charge in [0.1, 0.15) is 23.2 Å². The summed E-state index contributed by atoms with van der Waals surface area (Å²) in [6.45, 7) is 6.67. The number of nitrogens with one attached hydrogen (secondary N) is 1. The second kappa shape index (κ2) is 11.3. The predicted octanol–water partition coefficient (Wildman–Crippen LogP) is 6.44. The number of benzene rings is 2. The summed E-state index contributed by atoms with van der Waals surface area (Å²) in [6, 6.07) is 14.1. The number of esters is 1. The minimum Gasteiger partial charge on any atom is -0.497 e. The summed E-state index contributed by atoms with van der Waals surface area (Å²) in [7, 11) is 1.67. The van der Waals surface area contributed by atoms with Crippen LogP contribution in [-0.4, -0.2) is 31.4 Å². The van der Waals surface area contributed by atoms with Gasteiger partial charge in [0, 0.05) is 31.3 Å². The van der Waals surface area contributed by atoms with E-state index in [0.29, 0.717) is 13.2 Å². The quantitative estimate of drug-likeness (QED) is 0.416. The van der Waals surface area contributed by atoms with E-state index < -0.39 is 11.7 Å². The van der Waals surface area contributed by atoms with Gasteiger partial charge in [-0.2, -0.15) is 0 Å². The second-order valence-electron chi connectivity index (χ2n) is 10.3. The van der Waals surface area contributed by atoms with Crippen molar-refractivity contribution in [3.8, 4) is 11.5 Å². The smallest absolute Gasteiger partial charge is 0.303 e. The lowest BCUT2D eigenvalue weighted by molar-refractivity contribution is -0.182. The molecule has 1 aliphatic heterocycles. The number of carbonyl (C=O) groups is 1. The van der Waals surface area contributed by atoms with Crippen LogP contribution in [-0.2, 0) is 20.8 Å². The maximum atomic E-state index is 12.0. The van der Waals surface area contributed by atoms with E-state index in [1.165, 1.54) is 39.0 Å². The molecule has 0 amide bonds. The summed E-state index contributed by atoms with van der Waals surface area (Å²) in [4.78, 5) is 12.0. The summed E-state index contributed by atoms with van der Waals surface area (Å²) in [5, 5.41) is 3.49. The highest BCUT2D eigenvalue weighted by atomic mass is 16.6. The molecule has 2 unspecified atom stereocenters. The van der Waals surface area contributed by atoms with Crippen molar-refractivity contribution in [1.82, 2.24) is 0 Å². The molecule has 2 atom stereocenters. The molecule has 2 aliphatic rings. The van der Waals surface area contributed by atoms with Crippen LogP contribution >= 0.6 is 0 Å². The normalized spacial score (nSPS) is 21.5. The van der Waals surface area contributed by atoms with E-state index >= 15 is 0 Å². The lowest BCUT2D eigenvalue weighted by Crippen LogP contribution is -2.51. The zero-order chi connectivity index (χ0) is 24.8. The number of anilines is 1. The van der Waals surface area contributed by atoms with E-state index in [1.54, 1.807) is 7.11 Å². The van der Waals surface area contributed by atoms with Gasteiger partial charge >= 0.3 is 5.97 Å². The molecule has 1 heterocycles. The van der Waals surface area contributed by atoms with Gasteiger partial charge in [0.15, 0.2) is 6.10 Å². The van der Waals surface area contributed by atoms with Crippen molar-refractivity contribution >= 4 is 11.7 Å². The van der Waals surface area contributed by atoms with E-state index in [2.05, 4.69) is 11.4 Å². The molecule has 2 aromatic rings. The molecule has 1 N–H and O–H groups in total. The zero-order valence-corrected chi connectivity index (χ0v) is 21.5. The van der Waals surface area contributed by atoms with Crippen molar-refractivity contribution in [3.63, 3.8) is 0 Å². The Morgan fingerprint density at radius 1 is 1.09 bits per heavy atom. The number of ether oxygens (including phenoxy) is 4. The molecule has 2 aromatic carbocycles. The Balaban J connectivity index is 1.52. The van der Waals surface area contributed by atoms with Gasteiger partial charge in [-0.3, -0.25) is 4.79 Å². The van der Waals surface area contributed by atoms with Gasteiger partial charge in [0.25, 0.3) is 0 Å². The van der Waals surface area contributed by atoms with Crippen molar-refractivity contribution in [2.45, 2.75) is 83.6 Å². The van der Waals surface area contributed by atoms with Crippen molar-refractivity contribution < 1.29 is 23.7 Å². The summed E-state index contributed by atoms with van der Waals surface area (Å²) in [5.41, 5.74) is 2.33. The molecule has 0 aromatic heterocycles. The Bertz CT molecular complexity index is 981. The van der Waals surface area contributed by atoms with Crippen LogP contribution in [0, 0.1) is 5.92 Å². The summed E-state index contributed by atoms with van der Waals surface area (Å²) >= 11 is 0. The highest BCUT2D eigenvalue weighted by molar-refractivity contribution is 5.66. The van der Waals surface area contributed by atoms with Crippen molar-refractivity contribution in [1.29, 1.82) is 0 Å². The first-order valence-corrected chi connectivity index (χ1v) is 12.8. The minimum absolute atomic E-state index is 0.329. The Morgan fingerprint density at radius 2 is 1.83 bits per heavy atom. The minimum atomic E-state index is -0.702. The molecule has 0 saturated heterocycles. The topological polar surface area (TPSA) is 66.0 Å². The van der Waals surface area contributed by atoms with Crippen LogP contribution in [0.25, 0.3) is 0 Å². The fourth-order valence-electron chi connectivity index (χ4n) is 5.19. The second-order valence-corrected chi connectivity index (χ2v) is 10.3. The van der Waals surface area contributed by atoms with E-state index in [1.807, 2.05) is 50.2 Å². The largest absolute Gasteiger partial charge is 0.497 e. The van der Waals surface area contributed by atoms with Crippen molar-refractivity contribution in [2.75, 3.05) is 19.0 Å². The van der Waals surface area contributed by atoms with Gasteiger partial charge in [-0.05, 0) is 62.1 Å². The first-order chi connectivity index (χ1) is 16.9. The van der Waals surface area contributed by atoms with Crippen molar-refractivity contribution in [2.24, 2.45) is 5.92 Å². The Hall–Kier alpha value is -2.73. The molecule has 0 radical (unpaired) electrons. The highest BCUT2D eigenvalue weighted by Gasteiger charge is 2.47. The van der Waals surface area contributed by atoms with Gasteiger partial charge in [-0.15, -0.1) is 0 Å². The van der Waals surface area contributed by atoms with Gasteiger partial charge < -0.3 is 24.3 Å². The SMILES string of the molecule is COc1ccc(CNc2ccc3c(c2)C(OCCC2CCCCC2)C(OC(C)=O)C(C)(C)O3)cc1. The molecular formula is C29H39NO5. The van der Waals surface area contributed by atoms with E-state index in [9.17, 15) is 4.79 Å². The number of fused-ring (bicyclic) bond motifs is 1. The molecule has 1 aliphatic carbocycles. The van der Waals surface area contributed by atoms with Crippen LogP contribution in [0.15, 0.2) is 42.5 Å². The summed E-state index contributed by atoms with van der Waals surface area (Å²) in [5.74, 6) is 2.01. The van der Waals surface area contributed by atoms with E-state index in [4.69, 9.17) is 18.9 Å². The fourth-order valence-corrected chi connectivity index (χ4v) is 5.19. The molecule has 4 rings (SSSR count). The third kappa shape index (κ3) is 6.49. The van der Waals surface area contributed by atoms with Gasteiger partial charge in [-0.1, -0.05) is 44.2 Å². The molecule has 0 bridgehead atoms. The number of hydrogen-bond acceptors (Lipinski definition) is 6. The molecule has 35 heavy (non-hydrogen) atoms. The van der Waals surface area contributed by atoms with E-state index in [-0.39, 0.29) is 12.1 Å². The fraction of sp³-hybridized carbons (Fsp3) is 0.552. The molecule has 1 fully saturated rings. The monoisotopic (exact) mass is 481 g/mol. The lowest BCUT2D eigenvalue weighted by Gasteiger charge is -2.43. The van der Waals surface area contributed by atoms with Gasteiger partial charge in [-0.25, -0.2) is 0 Å². The highest BCUT2D eigenvalue weighted by Crippen LogP contribution is 2.44. The van der Waals surface area contributed by atoms with Crippen LogP contribution in [0.4, 0.5) is 5.69 Å². The van der Waals surface area contributed by atoms with Gasteiger partial charge in [0.2, 0.25) is 0 Å². The number of rotatable bonds is 9. The number of methoxy groups -OCH3 is 1. The van der Waals surface area contributed by atoms with Crippen LogP contribution < -0.4 is 14.8 Å². The first-order valence-electron chi connectivity index (χ1n) is 12.8. The molecular weight excluding hydrogens is 442 g/mol. The van der Waals surface area contributed by atoms with E-state index in [0.717, 1.165) is 40.7 Å². The molecule has 6 heteroatoms. The molecule has 1 saturated carbocycles. The molecule has 190 valence electrons. The number of carbonyl (C=O) groups excluding carboxylic acids is 1. The maximum Gasteiger partial charge on any atom is 0.303 e. The van der Waals surface area contributed by atoms with Crippen LogP contribution in [0.1, 0.15) is 76.5 Å². The number of hydrogen-bond donors (Lipinski definition) is 1. The summed E-state index contributed by atoms with van der Waals surface area (Å²) < 4.78 is 23.8. The van der Waals surface area contributed by atoms with Crippen LogP contribution in [0.2, 0.25) is 0 Å². The molecule has 6 nitrogen and oxygen atoms in total. The molecule has 0 spiro atoms. The third-order valence-corrected chi connectivity index (χ3v) is 7.15. The Morgan fingerprint density at radius 3 is 2.51 bits per heavy atom. The average Bonchev–Trinajstić information content (AvgIpc) is 2.85. The van der Waals surface area contributed by atoms with Gasteiger partial charge in [0.05, 0.1) is 7.11 Å². The Kier molecular flexibility index (Phi) is 8.22. The lowest BCUT2D eigenvalue weighted by atomic mass is 9.86. The predicted molar refractivity (Wildman–Crippen MR) is 137 cm³/mol. The third-order valence-electron chi connectivity index (χ3n) is 7.15. The van der Waals surface area contributed by atoms with Crippen molar-refractivity contribution in [3.05, 3.63) is 53.6 Å².